The van der Waals surface area contributed by atoms with Crippen LogP contribution in [0.3, 0.4) is 0 Å². The minimum atomic E-state index is -0.482. The molecule has 5 heteroatoms. The Balaban J connectivity index is 1.11. The van der Waals surface area contributed by atoms with Gasteiger partial charge in [-0.2, -0.15) is 0 Å². The van der Waals surface area contributed by atoms with E-state index in [0.29, 0.717) is 30.1 Å². The van der Waals surface area contributed by atoms with Crippen LogP contribution >= 0.6 is 0 Å². The van der Waals surface area contributed by atoms with E-state index >= 15 is 0 Å². The van der Waals surface area contributed by atoms with Gasteiger partial charge >= 0.3 is 0 Å². The number of fused-ring (bicyclic) bond motifs is 1. The van der Waals surface area contributed by atoms with E-state index in [9.17, 15) is 9.90 Å². The van der Waals surface area contributed by atoms with Crippen molar-refractivity contribution in [2.75, 3.05) is 13.1 Å². The summed E-state index contributed by atoms with van der Waals surface area (Å²) in [5, 5.41) is 11.0. The van der Waals surface area contributed by atoms with Crippen LogP contribution in [0.15, 0.2) is 28.7 Å². The molecule has 5 fully saturated rings. The molecule has 7 rings (SSSR count). The Morgan fingerprint density at radius 1 is 1.14 bits per heavy atom. The molecular weight excluding hydrogens is 364 g/mol. The lowest BCUT2D eigenvalue weighted by atomic mass is 9.47. The minimum Gasteiger partial charge on any atom is -0.440 e. The molecule has 1 aromatic heterocycles. The summed E-state index contributed by atoms with van der Waals surface area (Å²) in [7, 11) is 0. The number of hydrogen-bond donors (Lipinski definition) is 1. The van der Waals surface area contributed by atoms with Crippen molar-refractivity contribution < 1.29 is 14.3 Å². The third-order valence-electron chi connectivity index (χ3n) is 8.18. The van der Waals surface area contributed by atoms with Crippen LogP contribution in [0.25, 0.3) is 11.1 Å². The highest BCUT2D eigenvalue weighted by Gasteiger charge is 2.57. The van der Waals surface area contributed by atoms with Gasteiger partial charge in [-0.1, -0.05) is 12.1 Å². The second-order valence-corrected chi connectivity index (χ2v) is 10.5. The molecule has 4 saturated carbocycles. The van der Waals surface area contributed by atoms with Gasteiger partial charge in [-0.3, -0.25) is 4.79 Å². The van der Waals surface area contributed by atoms with Crippen molar-refractivity contribution >= 4 is 17.0 Å². The Bertz CT molecular complexity index is 896. The molecular formula is C24H30N2O3. The number of amides is 1. The van der Waals surface area contributed by atoms with Crippen LogP contribution in [0, 0.1) is 17.3 Å². The monoisotopic (exact) mass is 394 g/mol. The van der Waals surface area contributed by atoms with E-state index in [1.807, 2.05) is 24.3 Å². The molecule has 29 heavy (non-hydrogen) atoms. The second kappa shape index (κ2) is 6.31. The first kappa shape index (κ1) is 17.9. The molecule has 2 atom stereocenters. The van der Waals surface area contributed by atoms with Gasteiger partial charge in [-0.05, 0) is 80.8 Å². The number of nitrogens with zero attached hydrogens (tertiary/aromatic N) is 2. The summed E-state index contributed by atoms with van der Waals surface area (Å²) >= 11 is 0. The largest absolute Gasteiger partial charge is 0.440 e. The molecule has 1 aliphatic heterocycles. The lowest BCUT2D eigenvalue weighted by Crippen LogP contribution is -2.56. The smallest absolute Gasteiger partial charge is 0.223 e. The maximum absolute atomic E-state index is 13.2. The molecule has 5 aliphatic rings. The third-order valence-corrected chi connectivity index (χ3v) is 8.18. The molecule has 1 N–H and O–H groups in total. The number of carbonyl (C=O) groups is 1. The predicted octanol–water partition coefficient (Wildman–Crippen LogP) is 4.26. The molecule has 5 nitrogen and oxygen atoms in total. The summed E-state index contributed by atoms with van der Waals surface area (Å²) < 4.78 is 5.96. The van der Waals surface area contributed by atoms with Gasteiger partial charge in [-0.15, -0.1) is 0 Å². The zero-order valence-electron chi connectivity index (χ0n) is 17.0. The van der Waals surface area contributed by atoms with Crippen molar-refractivity contribution in [3.05, 3.63) is 30.2 Å². The van der Waals surface area contributed by atoms with Gasteiger partial charge in [0.25, 0.3) is 0 Å². The van der Waals surface area contributed by atoms with Gasteiger partial charge < -0.3 is 14.4 Å². The summed E-state index contributed by atoms with van der Waals surface area (Å²) in [5.41, 5.74) is 1.35. The number of para-hydroxylation sites is 2. The highest BCUT2D eigenvalue weighted by atomic mass is 16.3. The topological polar surface area (TPSA) is 66.6 Å². The Labute approximate surface area is 171 Å². The van der Waals surface area contributed by atoms with Crippen LogP contribution < -0.4 is 0 Å². The molecule has 4 aliphatic carbocycles. The van der Waals surface area contributed by atoms with Crippen LogP contribution in [0.1, 0.15) is 69.6 Å². The molecule has 1 saturated heterocycles. The van der Waals surface area contributed by atoms with Crippen molar-refractivity contribution in [1.82, 2.24) is 9.88 Å². The standard InChI is InChI=1S/C24H30N2O3/c27-21(14-23-10-16-9-17(11-23)13-24(28,12-16)15-23)26-7-5-18(6-8-26)22-25-19-3-1-2-4-20(19)29-22/h1-4,16-18,28H,5-15H2. The Morgan fingerprint density at radius 3 is 2.55 bits per heavy atom. The fraction of sp³-hybridized carbons (Fsp3) is 0.667. The first-order valence-corrected chi connectivity index (χ1v) is 11.3. The maximum Gasteiger partial charge on any atom is 0.223 e. The number of oxazole rings is 1. The van der Waals surface area contributed by atoms with Crippen molar-refractivity contribution in [1.29, 1.82) is 0 Å². The van der Waals surface area contributed by atoms with E-state index in [0.717, 1.165) is 75.0 Å². The zero-order valence-corrected chi connectivity index (χ0v) is 17.0. The fourth-order valence-corrected chi connectivity index (χ4v) is 7.48. The number of aliphatic hydroxyl groups is 1. The number of piperidine rings is 1. The van der Waals surface area contributed by atoms with E-state index in [1.54, 1.807) is 0 Å². The molecule has 2 unspecified atom stereocenters. The summed E-state index contributed by atoms with van der Waals surface area (Å²) in [6.45, 7) is 1.57. The van der Waals surface area contributed by atoms with Crippen LogP contribution in [-0.2, 0) is 4.79 Å². The highest BCUT2D eigenvalue weighted by Crippen LogP contribution is 2.63. The van der Waals surface area contributed by atoms with E-state index in [-0.39, 0.29) is 5.41 Å². The minimum absolute atomic E-state index is 0.0626. The second-order valence-electron chi connectivity index (χ2n) is 10.5. The third kappa shape index (κ3) is 3.09. The average Bonchev–Trinajstić information content (AvgIpc) is 3.10. The SMILES string of the molecule is O=C(CC12CC3CC(CC(O)(C3)C1)C2)N1CCC(c2nc3ccccc3o2)CC1. The van der Waals surface area contributed by atoms with Gasteiger partial charge in [0.2, 0.25) is 5.91 Å². The molecule has 1 aromatic carbocycles. The summed E-state index contributed by atoms with van der Waals surface area (Å²) in [6.07, 6.45) is 8.82. The van der Waals surface area contributed by atoms with Crippen LogP contribution in [0.2, 0.25) is 0 Å². The zero-order chi connectivity index (χ0) is 19.6. The van der Waals surface area contributed by atoms with Gasteiger partial charge in [0, 0.05) is 25.4 Å². The highest BCUT2D eigenvalue weighted by molar-refractivity contribution is 5.77. The summed E-state index contributed by atoms with van der Waals surface area (Å²) in [5.74, 6) is 2.69. The lowest BCUT2D eigenvalue weighted by molar-refractivity contribution is -0.172. The first-order chi connectivity index (χ1) is 14.0. The molecule has 2 heterocycles. The molecule has 0 radical (unpaired) electrons. The number of likely N-dealkylation sites (tertiary alicyclic amines) is 1. The predicted molar refractivity (Wildman–Crippen MR) is 109 cm³/mol. The fourth-order valence-electron chi connectivity index (χ4n) is 7.48. The van der Waals surface area contributed by atoms with Gasteiger partial charge in [0.1, 0.15) is 5.52 Å². The van der Waals surface area contributed by atoms with Crippen LogP contribution in [0.5, 0.6) is 0 Å². The van der Waals surface area contributed by atoms with E-state index in [1.165, 1.54) is 6.42 Å². The summed E-state index contributed by atoms with van der Waals surface area (Å²) in [6, 6.07) is 7.90. The molecule has 1 amide bonds. The van der Waals surface area contributed by atoms with Gasteiger partial charge in [-0.25, -0.2) is 4.98 Å². The number of hydrogen-bond acceptors (Lipinski definition) is 4. The maximum atomic E-state index is 13.2. The Kier molecular flexibility index (Phi) is 3.90. The molecule has 0 spiro atoms. The van der Waals surface area contributed by atoms with E-state index < -0.39 is 5.60 Å². The number of benzene rings is 1. The van der Waals surface area contributed by atoms with E-state index in [4.69, 9.17) is 4.42 Å². The number of carbonyl (C=O) groups excluding carboxylic acids is 1. The summed E-state index contributed by atoms with van der Waals surface area (Å²) in [4.78, 5) is 19.9. The lowest BCUT2D eigenvalue weighted by Gasteiger charge is -2.60. The van der Waals surface area contributed by atoms with Crippen LogP contribution in [0.4, 0.5) is 0 Å². The molecule has 2 aromatic rings. The Hall–Kier alpha value is -1.88. The van der Waals surface area contributed by atoms with Crippen molar-refractivity contribution in [2.24, 2.45) is 17.3 Å². The van der Waals surface area contributed by atoms with Crippen molar-refractivity contribution in [3.63, 3.8) is 0 Å². The van der Waals surface area contributed by atoms with Gasteiger partial charge in [0.15, 0.2) is 11.5 Å². The first-order valence-electron chi connectivity index (χ1n) is 11.3. The average molecular weight is 395 g/mol. The quantitative estimate of drug-likeness (QED) is 0.845. The molecule has 4 bridgehead atoms. The van der Waals surface area contributed by atoms with Crippen molar-refractivity contribution in [3.8, 4) is 0 Å². The number of rotatable bonds is 3. The Morgan fingerprint density at radius 2 is 1.86 bits per heavy atom. The van der Waals surface area contributed by atoms with Crippen molar-refractivity contribution in [2.45, 2.75) is 69.3 Å². The molecule has 154 valence electrons. The number of aromatic nitrogens is 1. The van der Waals surface area contributed by atoms with E-state index in [2.05, 4.69) is 9.88 Å². The normalized spacial score (nSPS) is 36.8. The van der Waals surface area contributed by atoms with Gasteiger partial charge in [0.05, 0.1) is 5.60 Å². The van der Waals surface area contributed by atoms with Crippen LogP contribution in [-0.4, -0.2) is 39.6 Å².